The van der Waals surface area contributed by atoms with Crippen molar-refractivity contribution in [2.45, 2.75) is 38.8 Å². The van der Waals surface area contributed by atoms with Crippen molar-refractivity contribution in [3.05, 3.63) is 29.8 Å². The maximum Gasteiger partial charge on any atom is 0.337 e. The Morgan fingerprint density at radius 2 is 1.96 bits per heavy atom. The number of anilines is 1. The van der Waals surface area contributed by atoms with E-state index in [1.165, 1.54) is 7.11 Å². The molecule has 1 fully saturated rings. The summed E-state index contributed by atoms with van der Waals surface area (Å²) in [5, 5.41) is 0. The van der Waals surface area contributed by atoms with Gasteiger partial charge in [0, 0.05) is 31.4 Å². The van der Waals surface area contributed by atoms with E-state index in [9.17, 15) is 9.59 Å². The molecule has 0 radical (unpaired) electrons. The number of benzene rings is 1. The number of carbonyl (C=O) groups is 2. The zero-order chi connectivity index (χ0) is 17.7. The fraction of sp³-hybridized carbons (Fsp3) is 0.556. The molecule has 6 heteroatoms. The Labute approximate surface area is 143 Å². The van der Waals surface area contributed by atoms with Gasteiger partial charge in [-0.1, -0.05) is 13.3 Å². The molecule has 24 heavy (non-hydrogen) atoms. The van der Waals surface area contributed by atoms with Gasteiger partial charge in [-0.25, -0.2) is 4.79 Å². The van der Waals surface area contributed by atoms with Crippen molar-refractivity contribution >= 4 is 17.6 Å². The van der Waals surface area contributed by atoms with Crippen LogP contribution in [0.15, 0.2) is 24.3 Å². The summed E-state index contributed by atoms with van der Waals surface area (Å²) in [5.74, 6) is -0.291. The Morgan fingerprint density at radius 1 is 1.29 bits per heavy atom. The first kappa shape index (κ1) is 18.3. The number of nitrogens with two attached hydrogens (primary N) is 1. The summed E-state index contributed by atoms with van der Waals surface area (Å²) in [4.78, 5) is 28.0. The molecular weight excluding hydrogens is 306 g/mol. The van der Waals surface area contributed by atoms with Crippen LogP contribution in [0.1, 0.15) is 37.0 Å². The van der Waals surface area contributed by atoms with Gasteiger partial charge in [-0.3, -0.25) is 4.79 Å². The Morgan fingerprint density at radius 3 is 2.50 bits per heavy atom. The monoisotopic (exact) mass is 333 g/mol. The Balaban J connectivity index is 2.00. The lowest BCUT2D eigenvalue weighted by Crippen LogP contribution is -2.57. The largest absolute Gasteiger partial charge is 0.465 e. The Kier molecular flexibility index (Phi) is 6.20. The highest BCUT2D eigenvalue weighted by atomic mass is 16.5. The molecule has 2 unspecified atom stereocenters. The van der Waals surface area contributed by atoms with Crippen molar-refractivity contribution in [3.8, 4) is 0 Å². The van der Waals surface area contributed by atoms with Gasteiger partial charge in [-0.05, 0) is 37.6 Å². The number of amides is 1. The fourth-order valence-corrected chi connectivity index (χ4v) is 3.09. The summed E-state index contributed by atoms with van der Waals surface area (Å²) in [6, 6.07) is 7.07. The standard InChI is InChI=1S/C18H27N3O3/c1-4-5-16(19)17(22)21-11-10-20(12-13(21)2)15-8-6-14(7-9-15)18(23)24-3/h6-9,13,16H,4-5,10-12,19H2,1-3H3. The molecule has 6 nitrogen and oxygen atoms in total. The molecule has 1 aromatic carbocycles. The predicted octanol–water partition coefficient (Wildman–Crippen LogP) is 1.64. The highest BCUT2D eigenvalue weighted by molar-refractivity contribution is 5.89. The molecule has 1 aliphatic rings. The van der Waals surface area contributed by atoms with Crippen molar-refractivity contribution in [1.82, 2.24) is 4.90 Å². The molecule has 0 spiro atoms. The lowest BCUT2D eigenvalue weighted by Gasteiger charge is -2.42. The Hall–Kier alpha value is -2.08. The lowest BCUT2D eigenvalue weighted by molar-refractivity contribution is -0.135. The van der Waals surface area contributed by atoms with Crippen LogP contribution in [0.5, 0.6) is 0 Å². The van der Waals surface area contributed by atoms with E-state index in [-0.39, 0.29) is 17.9 Å². The summed E-state index contributed by atoms with van der Waals surface area (Å²) in [6.45, 7) is 6.25. The number of hydrogen-bond donors (Lipinski definition) is 1. The van der Waals surface area contributed by atoms with Gasteiger partial charge < -0.3 is 20.3 Å². The lowest BCUT2D eigenvalue weighted by atomic mass is 10.1. The van der Waals surface area contributed by atoms with E-state index in [1.807, 2.05) is 30.9 Å². The van der Waals surface area contributed by atoms with Crippen LogP contribution in [-0.2, 0) is 9.53 Å². The zero-order valence-corrected chi connectivity index (χ0v) is 14.7. The minimum atomic E-state index is -0.400. The van der Waals surface area contributed by atoms with E-state index in [4.69, 9.17) is 10.5 Å². The number of piperazine rings is 1. The fourth-order valence-electron chi connectivity index (χ4n) is 3.09. The smallest absolute Gasteiger partial charge is 0.337 e. The van der Waals surface area contributed by atoms with Crippen molar-refractivity contribution in [3.63, 3.8) is 0 Å². The van der Waals surface area contributed by atoms with Gasteiger partial charge >= 0.3 is 5.97 Å². The molecule has 1 aliphatic heterocycles. The van der Waals surface area contributed by atoms with Crippen molar-refractivity contribution in [2.75, 3.05) is 31.6 Å². The molecule has 0 bridgehead atoms. The number of methoxy groups -OCH3 is 1. The molecule has 0 aromatic heterocycles. The number of nitrogens with zero attached hydrogens (tertiary/aromatic N) is 2. The van der Waals surface area contributed by atoms with Gasteiger partial charge in [0.1, 0.15) is 0 Å². The molecule has 2 atom stereocenters. The second kappa shape index (κ2) is 8.15. The highest BCUT2D eigenvalue weighted by Crippen LogP contribution is 2.21. The number of carbonyl (C=O) groups excluding carboxylic acids is 2. The second-order valence-corrected chi connectivity index (χ2v) is 6.26. The summed E-state index contributed by atoms with van der Waals surface area (Å²) >= 11 is 0. The van der Waals surface area contributed by atoms with Crippen molar-refractivity contribution in [2.24, 2.45) is 5.73 Å². The van der Waals surface area contributed by atoms with Gasteiger partial charge in [0.2, 0.25) is 5.91 Å². The van der Waals surface area contributed by atoms with Gasteiger partial charge in [0.15, 0.2) is 0 Å². The van der Waals surface area contributed by atoms with Crippen molar-refractivity contribution < 1.29 is 14.3 Å². The summed E-state index contributed by atoms with van der Waals surface area (Å²) in [5.41, 5.74) is 7.55. The SMILES string of the molecule is CCCC(N)C(=O)N1CCN(c2ccc(C(=O)OC)cc2)CC1C. The molecule has 1 aromatic rings. The van der Waals surface area contributed by atoms with Crippen molar-refractivity contribution in [1.29, 1.82) is 0 Å². The van der Waals surface area contributed by atoms with Crippen LogP contribution >= 0.6 is 0 Å². The first-order chi connectivity index (χ1) is 11.5. The van der Waals surface area contributed by atoms with Gasteiger partial charge in [-0.15, -0.1) is 0 Å². The molecule has 2 N–H and O–H groups in total. The van der Waals surface area contributed by atoms with E-state index in [0.717, 1.165) is 31.6 Å². The summed E-state index contributed by atoms with van der Waals surface area (Å²) < 4.78 is 4.71. The van der Waals surface area contributed by atoms with Crippen LogP contribution in [0.3, 0.4) is 0 Å². The Bertz CT molecular complexity index is 573. The number of ether oxygens (including phenoxy) is 1. The van der Waals surface area contributed by atoms with Crippen LogP contribution in [0.2, 0.25) is 0 Å². The normalized spacial score (nSPS) is 19.1. The molecule has 2 rings (SSSR count). The maximum atomic E-state index is 12.4. The minimum Gasteiger partial charge on any atom is -0.465 e. The van der Waals surface area contributed by atoms with E-state index >= 15 is 0 Å². The molecular formula is C18H27N3O3. The minimum absolute atomic E-state index is 0.0463. The first-order valence-electron chi connectivity index (χ1n) is 8.47. The van der Waals surface area contributed by atoms with Crippen LogP contribution in [0, 0.1) is 0 Å². The third-order valence-electron chi connectivity index (χ3n) is 4.48. The van der Waals surface area contributed by atoms with Crippen LogP contribution in [-0.4, -0.2) is 55.6 Å². The zero-order valence-electron chi connectivity index (χ0n) is 14.7. The molecule has 132 valence electrons. The number of esters is 1. The molecule has 0 aliphatic carbocycles. The third-order valence-corrected chi connectivity index (χ3v) is 4.48. The molecule has 0 saturated carbocycles. The predicted molar refractivity (Wildman–Crippen MR) is 94.1 cm³/mol. The maximum absolute atomic E-state index is 12.4. The van der Waals surface area contributed by atoms with Crippen LogP contribution in [0.25, 0.3) is 0 Å². The number of hydrogen-bond acceptors (Lipinski definition) is 5. The second-order valence-electron chi connectivity index (χ2n) is 6.26. The van der Waals surface area contributed by atoms with Gasteiger partial charge in [0.05, 0.1) is 18.7 Å². The van der Waals surface area contributed by atoms with E-state index in [2.05, 4.69) is 4.90 Å². The molecule has 1 heterocycles. The van der Waals surface area contributed by atoms with Crippen LogP contribution in [0.4, 0.5) is 5.69 Å². The topological polar surface area (TPSA) is 75.9 Å². The average Bonchev–Trinajstić information content (AvgIpc) is 2.60. The first-order valence-corrected chi connectivity index (χ1v) is 8.47. The summed E-state index contributed by atoms with van der Waals surface area (Å²) in [7, 11) is 1.37. The van der Waals surface area contributed by atoms with Gasteiger partial charge in [0.25, 0.3) is 0 Å². The average molecular weight is 333 g/mol. The van der Waals surface area contributed by atoms with E-state index in [1.54, 1.807) is 12.1 Å². The van der Waals surface area contributed by atoms with Gasteiger partial charge in [-0.2, -0.15) is 0 Å². The van der Waals surface area contributed by atoms with E-state index in [0.29, 0.717) is 12.1 Å². The van der Waals surface area contributed by atoms with Crippen LogP contribution < -0.4 is 10.6 Å². The molecule has 1 saturated heterocycles. The third kappa shape index (κ3) is 4.06. The summed E-state index contributed by atoms with van der Waals surface area (Å²) in [6.07, 6.45) is 1.63. The number of rotatable bonds is 5. The van der Waals surface area contributed by atoms with E-state index < -0.39 is 6.04 Å². The highest BCUT2D eigenvalue weighted by Gasteiger charge is 2.30. The quantitative estimate of drug-likeness (QED) is 0.829. The molecule has 1 amide bonds.